The summed E-state index contributed by atoms with van der Waals surface area (Å²) in [7, 11) is 0. The van der Waals surface area contributed by atoms with E-state index in [1.54, 1.807) is 0 Å². The second-order valence-electron chi connectivity index (χ2n) is 5.45. The van der Waals surface area contributed by atoms with Crippen LogP contribution in [0.3, 0.4) is 0 Å². The number of nitrogens with zero attached hydrogens (tertiary/aromatic N) is 1. The van der Waals surface area contributed by atoms with E-state index < -0.39 is 0 Å². The summed E-state index contributed by atoms with van der Waals surface area (Å²) in [6.45, 7) is 5.92. The minimum absolute atomic E-state index is 0.739. The van der Waals surface area contributed by atoms with Gasteiger partial charge in [-0.05, 0) is 43.0 Å². The van der Waals surface area contributed by atoms with Crippen molar-refractivity contribution in [2.45, 2.75) is 19.8 Å². The molecule has 0 N–H and O–H groups in total. The summed E-state index contributed by atoms with van der Waals surface area (Å²) in [5, 5.41) is 1.91. The van der Waals surface area contributed by atoms with Crippen LogP contribution < -0.4 is 0 Å². The Morgan fingerprint density at radius 3 is 2.73 bits per heavy atom. The lowest BCUT2D eigenvalue weighted by atomic mass is 9.98. The minimum atomic E-state index is 0.739. The number of hydrogen-bond donors (Lipinski definition) is 0. The van der Waals surface area contributed by atoms with E-state index >= 15 is 0 Å². The summed E-state index contributed by atoms with van der Waals surface area (Å²) in [4.78, 5) is 4.94. The van der Waals surface area contributed by atoms with Crippen molar-refractivity contribution >= 4 is 22.5 Å². The molecule has 22 heavy (non-hydrogen) atoms. The van der Waals surface area contributed by atoms with Crippen molar-refractivity contribution < 1.29 is 0 Å². The van der Waals surface area contributed by atoms with Crippen molar-refractivity contribution in [1.82, 2.24) is 4.98 Å². The van der Waals surface area contributed by atoms with Gasteiger partial charge >= 0.3 is 0 Å². The lowest BCUT2D eigenvalue weighted by Crippen LogP contribution is -1.96. The predicted octanol–water partition coefficient (Wildman–Crippen LogP) is 5.98. The molecule has 0 fully saturated rings. The predicted molar refractivity (Wildman–Crippen MR) is 95.4 cm³/mol. The van der Waals surface area contributed by atoms with Crippen molar-refractivity contribution in [3.63, 3.8) is 0 Å². The van der Waals surface area contributed by atoms with Gasteiger partial charge in [-0.15, -0.1) is 6.58 Å². The van der Waals surface area contributed by atoms with Crippen LogP contribution in [-0.2, 0) is 6.42 Å². The highest BCUT2D eigenvalue weighted by atomic mass is 35.5. The molecule has 0 saturated heterocycles. The number of rotatable bonds is 4. The van der Waals surface area contributed by atoms with Gasteiger partial charge in [0, 0.05) is 16.0 Å². The van der Waals surface area contributed by atoms with E-state index in [-0.39, 0.29) is 0 Å². The van der Waals surface area contributed by atoms with Gasteiger partial charge < -0.3 is 0 Å². The van der Waals surface area contributed by atoms with E-state index in [1.807, 2.05) is 30.3 Å². The minimum Gasteiger partial charge on any atom is -0.247 e. The summed E-state index contributed by atoms with van der Waals surface area (Å²) < 4.78 is 0. The van der Waals surface area contributed by atoms with Gasteiger partial charge in [0.25, 0.3) is 0 Å². The van der Waals surface area contributed by atoms with E-state index in [0.29, 0.717) is 0 Å². The van der Waals surface area contributed by atoms with Gasteiger partial charge in [-0.2, -0.15) is 0 Å². The molecule has 110 valence electrons. The van der Waals surface area contributed by atoms with Crippen LogP contribution in [0.4, 0.5) is 0 Å². The van der Waals surface area contributed by atoms with Crippen molar-refractivity contribution in [2.24, 2.45) is 0 Å². The second kappa shape index (κ2) is 6.33. The summed E-state index contributed by atoms with van der Waals surface area (Å²) in [5.41, 5.74) is 5.41. The Kier molecular flexibility index (Phi) is 4.26. The standard InChI is InChI=1S/C20H18ClN/c1-3-4-9-16-13-15-10-7-8-14(2)19(15)22-20(16)17-11-5-6-12-18(17)21/h3,5-8,10-13H,1,4,9H2,2H3. The molecule has 0 saturated carbocycles. The van der Waals surface area contributed by atoms with Crippen molar-refractivity contribution in [2.75, 3.05) is 0 Å². The highest BCUT2D eigenvalue weighted by Crippen LogP contribution is 2.32. The topological polar surface area (TPSA) is 12.9 Å². The number of benzene rings is 2. The maximum Gasteiger partial charge on any atom is 0.0756 e. The van der Waals surface area contributed by atoms with Gasteiger partial charge in [0.2, 0.25) is 0 Å². The lowest BCUT2D eigenvalue weighted by molar-refractivity contribution is 0.999. The molecule has 0 amide bonds. The van der Waals surface area contributed by atoms with E-state index in [1.165, 1.54) is 16.5 Å². The molecular weight excluding hydrogens is 290 g/mol. The molecule has 1 aromatic heterocycles. The van der Waals surface area contributed by atoms with E-state index in [4.69, 9.17) is 16.6 Å². The number of pyridine rings is 1. The molecule has 0 aliphatic carbocycles. The second-order valence-corrected chi connectivity index (χ2v) is 5.86. The smallest absolute Gasteiger partial charge is 0.0756 e. The summed E-state index contributed by atoms with van der Waals surface area (Å²) in [6, 6.07) is 16.4. The third-order valence-electron chi connectivity index (χ3n) is 3.87. The molecule has 2 aromatic carbocycles. The molecule has 2 heteroatoms. The first-order valence-electron chi connectivity index (χ1n) is 7.45. The van der Waals surface area contributed by atoms with Gasteiger partial charge in [-0.25, -0.2) is 4.98 Å². The number of allylic oxidation sites excluding steroid dienone is 1. The average Bonchev–Trinajstić information content (AvgIpc) is 2.53. The Hall–Kier alpha value is -2.12. The fourth-order valence-corrected chi connectivity index (χ4v) is 2.95. The molecule has 3 rings (SSSR count). The van der Waals surface area contributed by atoms with Crippen LogP contribution in [-0.4, -0.2) is 4.98 Å². The molecule has 1 nitrogen and oxygen atoms in total. The Labute approximate surface area is 136 Å². The third-order valence-corrected chi connectivity index (χ3v) is 4.20. The van der Waals surface area contributed by atoms with Gasteiger partial charge in [-0.3, -0.25) is 0 Å². The first kappa shape index (κ1) is 14.8. The highest BCUT2D eigenvalue weighted by molar-refractivity contribution is 6.33. The van der Waals surface area contributed by atoms with Crippen molar-refractivity contribution in [3.8, 4) is 11.3 Å². The number of aryl methyl sites for hydroxylation is 2. The van der Waals surface area contributed by atoms with Gasteiger partial charge in [0.15, 0.2) is 0 Å². The fraction of sp³-hybridized carbons (Fsp3) is 0.150. The Morgan fingerprint density at radius 1 is 1.14 bits per heavy atom. The van der Waals surface area contributed by atoms with Gasteiger partial charge in [0.1, 0.15) is 0 Å². The van der Waals surface area contributed by atoms with Crippen molar-refractivity contribution in [1.29, 1.82) is 0 Å². The first-order chi connectivity index (χ1) is 10.7. The zero-order valence-electron chi connectivity index (χ0n) is 12.6. The number of fused-ring (bicyclic) bond motifs is 1. The number of aromatic nitrogens is 1. The number of halogens is 1. The van der Waals surface area contributed by atoms with E-state index in [9.17, 15) is 0 Å². The maximum atomic E-state index is 6.40. The summed E-state index contributed by atoms with van der Waals surface area (Å²) in [6.07, 6.45) is 3.79. The molecule has 0 radical (unpaired) electrons. The zero-order valence-corrected chi connectivity index (χ0v) is 13.4. The van der Waals surface area contributed by atoms with Crippen molar-refractivity contribution in [3.05, 3.63) is 77.3 Å². The molecule has 0 atom stereocenters. The van der Waals surface area contributed by atoms with E-state index in [2.05, 4.69) is 37.8 Å². The summed E-state index contributed by atoms with van der Waals surface area (Å²) >= 11 is 6.40. The summed E-state index contributed by atoms with van der Waals surface area (Å²) in [5.74, 6) is 0. The number of hydrogen-bond acceptors (Lipinski definition) is 1. The SMILES string of the molecule is C=CCCc1cc2cccc(C)c2nc1-c1ccccc1Cl. The highest BCUT2D eigenvalue weighted by Gasteiger charge is 2.12. The van der Waals surface area contributed by atoms with Crippen LogP contribution in [0.25, 0.3) is 22.2 Å². The third kappa shape index (κ3) is 2.77. The monoisotopic (exact) mass is 307 g/mol. The molecule has 0 aliphatic heterocycles. The zero-order chi connectivity index (χ0) is 15.5. The van der Waals surface area contributed by atoms with Gasteiger partial charge in [0.05, 0.1) is 11.2 Å². The lowest BCUT2D eigenvalue weighted by Gasteiger charge is -2.13. The van der Waals surface area contributed by atoms with Crippen LogP contribution in [0, 0.1) is 6.92 Å². The maximum absolute atomic E-state index is 6.40. The van der Waals surface area contributed by atoms with Crippen LogP contribution >= 0.6 is 11.6 Å². The molecule has 0 unspecified atom stereocenters. The quantitative estimate of drug-likeness (QED) is 0.540. The van der Waals surface area contributed by atoms with Crippen LogP contribution in [0.2, 0.25) is 5.02 Å². The fourth-order valence-electron chi connectivity index (χ4n) is 2.73. The molecule has 1 heterocycles. The largest absolute Gasteiger partial charge is 0.247 e. The molecule has 3 aromatic rings. The molecule has 0 bridgehead atoms. The molecule has 0 spiro atoms. The van der Waals surface area contributed by atoms with Crippen LogP contribution in [0.1, 0.15) is 17.5 Å². The normalized spacial score (nSPS) is 10.8. The molecule has 0 aliphatic rings. The Morgan fingerprint density at radius 2 is 1.95 bits per heavy atom. The average molecular weight is 308 g/mol. The Balaban J connectivity index is 2.27. The first-order valence-corrected chi connectivity index (χ1v) is 7.83. The molecular formula is C20H18ClN. The van der Waals surface area contributed by atoms with Gasteiger partial charge in [-0.1, -0.05) is 54.1 Å². The van der Waals surface area contributed by atoms with E-state index in [0.717, 1.165) is 34.6 Å². The van der Waals surface area contributed by atoms with Crippen LogP contribution in [0.15, 0.2) is 61.2 Å². The van der Waals surface area contributed by atoms with Crippen LogP contribution in [0.5, 0.6) is 0 Å². The number of para-hydroxylation sites is 1. The Bertz CT molecular complexity index is 836.